The maximum atomic E-state index is 11.5. The zero-order valence-electron chi connectivity index (χ0n) is 15.1. The molecular weight excluding hydrogens is 368 g/mol. The third-order valence-electron chi connectivity index (χ3n) is 3.12. The maximum Gasteiger partial charge on any atom is 0.311 e. The summed E-state index contributed by atoms with van der Waals surface area (Å²) < 4.78 is 15.8. The summed E-state index contributed by atoms with van der Waals surface area (Å²) in [6.07, 6.45) is 1.75. The normalized spacial score (nSPS) is 10.4. The van der Waals surface area contributed by atoms with E-state index in [1.54, 1.807) is 36.7 Å². The Morgan fingerprint density at radius 2 is 2.19 bits per heavy atom. The number of carbonyl (C=O) groups excluding carboxylic acids is 1. The number of nitriles is 1. The molecule has 1 heterocycles. The molecule has 9 heteroatoms. The van der Waals surface area contributed by atoms with Crippen LogP contribution in [0.4, 0.5) is 5.13 Å². The average molecular weight is 388 g/mol. The number of aromatic nitrogens is 1. The van der Waals surface area contributed by atoms with Gasteiger partial charge >= 0.3 is 5.97 Å². The van der Waals surface area contributed by atoms with Crippen molar-refractivity contribution in [3.63, 3.8) is 0 Å². The molecule has 142 valence electrons. The number of anilines is 1. The molecule has 27 heavy (non-hydrogen) atoms. The number of rotatable bonds is 10. The van der Waals surface area contributed by atoms with Gasteiger partial charge in [-0.15, -0.1) is 11.3 Å². The van der Waals surface area contributed by atoms with E-state index in [-0.39, 0.29) is 19.0 Å². The molecule has 0 bridgehead atoms. The van der Waals surface area contributed by atoms with E-state index in [0.717, 1.165) is 5.56 Å². The van der Waals surface area contributed by atoms with E-state index in [1.807, 2.05) is 13.0 Å². The van der Waals surface area contributed by atoms with Gasteiger partial charge in [0.2, 0.25) is 5.13 Å². The van der Waals surface area contributed by atoms with Gasteiger partial charge in [-0.2, -0.15) is 10.4 Å². The maximum absolute atomic E-state index is 11.5. The van der Waals surface area contributed by atoms with Gasteiger partial charge in [0.1, 0.15) is 6.07 Å². The Labute approximate surface area is 161 Å². The number of hydrogen-bond donors (Lipinski definition) is 1. The molecule has 0 aliphatic carbocycles. The SMILES string of the molecule is CCOC(=O)Cc1csc(NN=Cc2ccc(OCC#N)c(OCC)c2)n1. The van der Waals surface area contributed by atoms with Crippen molar-refractivity contribution >= 4 is 28.7 Å². The van der Waals surface area contributed by atoms with Crippen molar-refractivity contribution in [2.45, 2.75) is 20.3 Å². The fraction of sp³-hybridized carbons (Fsp3) is 0.333. The Kier molecular flexibility index (Phi) is 8.06. The number of nitrogens with one attached hydrogen (secondary N) is 1. The third kappa shape index (κ3) is 6.60. The molecule has 0 radical (unpaired) electrons. The second-order valence-corrected chi connectivity index (χ2v) is 5.94. The van der Waals surface area contributed by atoms with Crippen molar-refractivity contribution in [2.24, 2.45) is 5.10 Å². The molecule has 0 aliphatic heterocycles. The van der Waals surface area contributed by atoms with Crippen LogP contribution in [-0.4, -0.2) is 37.0 Å². The lowest BCUT2D eigenvalue weighted by Crippen LogP contribution is -2.07. The molecule has 2 rings (SSSR count). The van der Waals surface area contributed by atoms with Gasteiger partial charge in [-0.1, -0.05) is 0 Å². The second kappa shape index (κ2) is 10.8. The van der Waals surface area contributed by atoms with Crippen molar-refractivity contribution in [1.82, 2.24) is 4.98 Å². The minimum atomic E-state index is -0.306. The van der Waals surface area contributed by atoms with E-state index in [0.29, 0.717) is 35.5 Å². The number of hydrogen-bond acceptors (Lipinski definition) is 9. The molecule has 0 amide bonds. The van der Waals surface area contributed by atoms with Crippen LogP contribution in [0.5, 0.6) is 11.5 Å². The summed E-state index contributed by atoms with van der Waals surface area (Å²) in [6.45, 7) is 4.41. The number of esters is 1. The molecule has 0 spiro atoms. The highest BCUT2D eigenvalue weighted by Crippen LogP contribution is 2.28. The largest absolute Gasteiger partial charge is 0.490 e. The average Bonchev–Trinajstić information content (AvgIpc) is 3.08. The quantitative estimate of drug-likeness (QED) is 0.379. The minimum absolute atomic E-state index is 0.0484. The number of nitrogens with zero attached hydrogens (tertiary/aromatic N) is 3. The number of hydrazone groups is 1. The molecule has 1 aromatic carbocycles. The lowest BCUT2D eigenvalue weighted by molar-refractivity contribution is -0.142. The van der Waals surface area contributed by atoms with E-state index in [9.17, 15) is 4.79 Å². The molecule has 0 saturated carbocycles. The van der Waals surface area contributed by atoms with Crippen LogP contribution in [0, 0.1) is 11.3 Å². The van der Waals surface area contributed by atoms with Crippen molar-refractivity contribution in [2.75, 3.05) is 25.2 Å². The van der Waals surface area contributed by atoms with E-state index in [1.165, 1.54) is 11.3 Å². The zero-order chi connectivity index (χ0) is 19.5. The number of carbonyl (C=O) groups is 1. The number of thiazole rings is 1. The summed E-state index contributed by atoms with van der Waals surface area (Å²) in [6, 6.07) is 7.22. The van der Waals surface area contributed by atoms with Gasteiger partial charge in [0, 0.05) is 5.38 Å². The first-order chi connectivity index (χ1) is 13.2. The molecule has 0 saturated heterocycles. The van der Waals surface area contributed by atoms with Crippen LogP contribution >= 0.6 is 11.3 Å². The van der Waals surface area contributed by atoms with Crippen LogP contribution in [0.15, 0.2) is 28.7 Å². The van der Waals surface area contributed by atoms with Crippen molar-refractivity contribution in [1.29, 1.82) is 5.26 Å². The standard InChI is InChI=1S/C18H20N4O4S/c1-3-24-16-9-13(5-6-15(16)26-8-7-19)11-20-22-18-21-14(12-27-18)10-17(23)25-4-2/h5-6,9,11-12H,3-4,8,10H2,1-2H3,(H,21,22). The molecule has 0 atom stereocenters. The van der Waals surface area contributed by atoms with Gasteiger partial charge in [-0.25, -0.2) is 4.98 Å². The Morgan fingerprint density at radius 3 is 2.93 bits per heavy atom. The van der Waals surface area contributed by atoms with Gasteiger partial charge in [0.15, 0.2) is 18.1 Å². The first-order valence-corrected chi connectivity index (χ1v) is 9.19. The van der Waals surface area contributed by atoms with Crippen molar-refractivity contribution in [3.8, 4) is 17.6 Å². The Bertz CT molecular complexity index is 829. The van der Waals surface area contributed by atoms with Crippen LogP contribution in [0.3, 0.4) is 0 Å². The molecule has 8 nitrogen and oxygen atoms in total. The molecule has 0 fully saturated rings. The predicted octanol–water partition coefficient (Wildman–Crippen LogP) is 3.00. The Hall–Kier alpha value is -3.12. The molecule has 2 aromatic rings. The van der Waals surface area contributed by atoms with Crippen molar-refractivity contribution in [3.05, 3.63) is 34.8 Å². The lowest BCUT2D eigenvalue weighted by Gasteiger charge is -2.10. The Morgan fingerprint density at radius 1 is 1.33 bits per heavy atom. The van der Waals surface area contributed by atoms with Gasteiger partial charge in [0.05, 0.1) is 31.5 Å². The highest BCUT2D eigenvalue weighted by Gasteiger charge is 2.08. The fourth-order valence-corrected chi connectivity index (χ4v) is 2.72. The third-order valence-corrected chi connectivity index (χ3v) is 3.91. The minimum Gasteiger partial charge on any atom is -0.490 e. The molecular formula is C18H20N4O4S. The Balaban J connectivity index is 1.97. The van der Waals surface area contributed by atoms with Gasteiger partial charge in [-0.05, 0) is 37.6 Å². The highest BCUT2D eigenvalue weighted by molar-refractivity contribution is 7.13. The molecule has 1 aromatic heterocycles. The summed E-state index contributed by atoms with van der Waals surface area (Å²) >= 11 is 1.35. The molecule has 0 aliphatic rings. The first-order valence-electron chi connectivity index (χ1n) is 8.32. The van der Waals surface area contributed by atoms with E-state index < -0.39 is 0 Å². The van der Waals surface area contributed by atoms with Crippen molar-refractivity contribution < 1.29 is 19.0 Å². The van der Waals surface area contributed by atoms with Gasteiger partial charge in [0.25, 0.3) is 0 Å². The topological polar surface area (TPSA) is 106 Å². The zero-order valence-corrected chi connectivity index (χ0v) is 15.9. The molecule has 1 N–H and O–H groups in total. The lowest BCUT2D eigenvalue weighted by atomic mass is 10.2. The summed E-state index contributed by atoms with van der Waals surface area (Å²) in [7, 11) is 0. The first kappa shape index (κ1) is 20.2. The summed E-state index contributed by atoms with van der Waals surface area (Å²) in [4.78, 5) is 15.7. The van der Waals surface area contributed by atoms with Gasteiger partial charge < -0.3 is 14.2 Å². The van der Waals surface area contributed by atoms with Gasteiger partial charge in [-0.3, -0.25) is 10.2 Å². The van der Waals surface area contributed by atoms with E-state index >= 15 is 0 Å². The van der Waals surface area contributed by atoms with Crippen LogP contribution in [-0.2, 0) is 16.0 Å². The number of ether oxygens (including phenoxy) is 3. The summed E-state index contributed by atoms with van der Waals surface area (Å²) in [5, 5.41) is 15.1. The smallest absolute Gasteiger partial charge is 0.311 e. The summed E-state index contributed by atoms with van der Waals surface area (Å²) in [5.74, 6) is 0.745. The van der Waals surface area contributed by atoms with Crippen LogP contribution in [0.2, 0.25) is 0 Å². The predicted molar refractivity (Wildman–Crippen MR) is 102 cm³/mol. The molecule has 0 unspecified atom stereocenters. The van der Waals surface area contributed by atoms with E-state index in [2.05, 4.69) is 15.5 Å². The second-order valence-electron chi connectivity index (χ2n) is 5.08. The fourth-order valence-electron chi connectivity index (χ4n) is 2.06. The monoisotopic (exact) mass is 388 g/mol. The van der Waals surface area contributed by atoms with Crippen LogP contribution in [0.1, 0.15) is 25.1 Å². The van der Waals surface area contributed by atoms with Crippen LogP contribution < -0.4 is 14.9 Å². The van der Waals surface area contributed by atoms with E-state index in [4.69, 9.17) is 19.5 Å². The summed E-state index contributed by atoms with van der Waals surface area (Å²) in [5.41, 5.74) is 4.25. The number of benzene rings is 1. The highest BCUT2D eigenvalue weighted by atomic mass is 32.1. The van der Waals surface area contributed by atoms with Crippen LogP contribution in [0.25, 0.3) is 0 Å².